The molecule has 0 aromatic heterocycles. The molecule has 0 spiro atoms. The van der Waals surface area contributed by atoms with E-state index < -0.39 is 6.04 Å². The van der Waals surface area contributed by atoms with Crippen LogP contribution < -0.4 is 10.2 Å². The second-order valence-corrected chi connectivity index (χ2v) is 10.3. The van der Waals surface area contributed by atoms with E-state index in [4.69, 9.17) is 35.4 Å². The van der Waals surface area contributed by atoms with Crippen molar-refractivity contribution >= 4 is 63.7 Å². The molecule has 192 valence electrons. The maximum absolute atomic E-state index is 13.5. The quantitative estimate of drug-likeness (QED) is 0.471. The number of benzene rings is 2. The van der Waals surface area contributed by atoms with Crippen LogP contribution in [0.15, 0.2) is 48.5 Å². The number of nitrogens with zero attached hydrogens (tertiary/aromatic N) is 4. The highest BCUT2D eigenvalue weighted by atomic mass is 35.5. The van der Waals surface area contributed by atoms with Gasteiger partial charge in [0.15, 0.2) is 5.11 Å². The van der Waals surface area contributed by atoms with Gasteiger partial charge in [0.2, 0.25) is 5.91 Å². The molecule has 1 atom stereocenters. The molecule has 2 aromatic rings. The van der Waals surface area contributed by atoms with E-state index in [2.05, 4.69) is 22.0 Å². The summed E-state index contributed by atoms with van der Waals surface area (Å²) >= 11 is 17.8. The number of hydrogen-bond donors (Lipinski definition) is 1. The number of thiocarbonyl (C=S) groups is 1. The lowest BCUT2D eigenvalue weighted by Gasteiger charge is -2.34. The van der Waals surface area contributed by atoms with Gasteiger partial charge in [0, 0.05) is 48.5 Å². The fourth-order valence-electron chi connectivity index (χ4n) is 4.63. The summed E-state index contributed by atoms with van der Waals surface area (Å²) in [6.07, 6.45) is 0.851. The molecule has 10 heteroatoms. The summed E-state index contributed by atoms with van der Waals surface area (Å²) in [6, 6.07) is 13.2. The minimum Gasteiger partial charge on any atom is -0.336 e. The second-order valence-electron chi connectivity index (χ2n) is 9.03. The van der Waals surface area contributed by atoms with Crippen LogP contribution in [-0.4, -0.2) is 83.5 Å². The van der Waals surface area contributed by atoms with Gasteiger partial charge in [-0.15, -0.1) is 0 Å². The highest BCUT2D eigenvalue weighted by Crippen LogP contribution is 2.29. The minimum atomic E-state index is -0.669. The van der Waals surface area contributed by atoms with E-state index in [1.165, 1.54) is 4.90 Å². The van der Waals surface area contributed by atoms with Crippen molar-refractivity contribution in [1.29, 1.82) is 0 Å². The average molecular weight is 549 g/mol. The Labute approximate surface area is 227 Å². The third kappa shape index (κ3) is 6.55. The molecule has 36 heavy (non-hydrogen) atoms. The van der Waals surface area contributed by atoms with Crippen LogP contribution in [0.3, 0.4) is 0 Å². The number of hydrogen-bond acceptors (Lipinski definition) is 5. The Hall–Kier alpha value is -2.23. The number of carbonyl (C=O) groups is 2. The topological polar surface area (TPSA) is 59.1 Å². The first-order valence-corrected chi connectivity index (χ1v) is 13.4. The molecule has 0 unspecified atom stereocenters. The van der Waals surface area contributed by atoms with Gasteiger partial charge in [-0.25, -0.2) is 0 Å². The Morgan fingerprint density at radius 1 is 0.944 bits per heavy atom. The molecule has 2 amide bonds. The van der Waals surface area contributed by atoms with E-state index >= 15 is 0 Å². The van der Waals surface area contributed by atoms with Gasteiger partial charge in [0.05, 0.1) is 12.1 Å². The number of rotatable bonds is 9. The van der Waals surface area contributed by atoms with E-state index in [-0.39, 0.29) is 18.2 Å². The first kappa shape index (κ1) is 26.8. The third-order valence-electron chi connectivity index (χ3n) is 6.70. The van der Waals surface area contributed by atoms with Gasteiger partial charge in [-0.2, -0.15) is 0 Å². The van der Waals surface area contributed by atoms with Crippen molar-refractivity contribution in [3.05, 3.63) is 58.6 Å². The van der Waals surface area contributed by atoms with E-state index in [0.717, 1.165) is 45.7 Å². The van der Waals surface area contributed by atoms with Crippen molar-refractivity contribution in [2.75, 3.05) is 56.0 Å². The van der Waals surface area contributed by atoms with Crippen molar-refractivity contribution in [1.82, 2.24) is 14.7 Å². The number of likely N-dealkylation sites (N-methyl/N-ethyl adjacent to an activating group) is 1. The zero-order valence-corrected chi connectivity index (χ0v) is 22.7. The van der Waals surface area contributed by atoms with Gasteiger partial charge in [-0.05, 0) is 80.3 Å². The lowest BCUT2D eigenvalue weighted by atomic mass is 10.1. The lowest BCUT2D eigenvalue weighted by Crippen LogP contribution is -2.47. The molecular formula is C26H31Cl2N5O2S. The van der Waals surface area contributed by atoms with Crippen LogP contribution in [0.4, 0.5) is 11.4 Å². The Morgan fingerprint density at radius 3 is 2.14 bits per heavy atom. The fourth-order valence-corrected chi connectivity index (χ4v) is 5.30. The molecule has 0 radical (unpaired) electrons. The molecule has 2 aliphatic heterocycles. The smallest absolute Gasteiger partial charge is 0.256 e. The van der Waals surface area contributed by atoms with Crippen LogP contribution in [0.2, 0.25) is 10.0 Å². The molecule has 2 fully saturated rings. The summed E-state index contributed by atoms with van der Waals surface area (Å²) in [7, 11) is 0. The first-order valence-electron chi connectivity index (χ1n) is 12.3. The molecule has 0 saturated carbocycles. The molecule has 4 rings (SSSR count). The second kappa shape index (κ2) is 12.3. The molecule has 2 heterocycles. The largest absolute Gasteiger partial charge is 0.336 e. The van der Waals surface area contributed by atoms with Crippen molar-refractivity contribution < 1.29 is 9.59 Å². The van der Waals surface area contributed by atoms with Crippen LogP contribution in [0.5, 0.6) is 0 Å². The monoisotopic (exact) mass is 547 g/mol. The summed E-state index contributed by atoms with van der Waals surface area (Å²) in [5.74, 6) is -0.456. The number of anilines is 2. The molecule has 1 N–H and O–H groups in total. The van der Waals surface area contributed by atoms with Crippen LogP contribution in [-0.2, 0) is 9.59 Å². The lowest BCUT2D eigenvalue weighted by molar-refractivity contribution is -0.124. The Bertz CT molecular complexity index is 1070. The van der Waals surface area contributed by atoms with E-state index in [1.807, 2.05) is 4.90 Å². The summed E-state index contributed by atoms with van der Waals surface area (Å²) in [4.78, 5) is 34.8. The maximum Gasteiger partial charge on any atom is 0.256 e. The third-order valence-corrected chi connectivity index (χ3v) is 7.62. The Kier molecular flexibility index (Phi) is 9.19. The van der Waals surface area contributed by atoms with Gasteiger partial charge in [-0.3, -0.25) is 14.5 Å². The van der Waals surface area contributed by atoms with Crippen LogP contribution >= 0.6 is 35.4 Å². The molecular weight excluding hydrogens is 517 g/mol. The van der Waals surface area contributed by atoms with Gasteiger partial charge in [0.25, 0.3) is 5.91 Å². The highest BCUT2D eigenvalue weighted by Gasteiger charge is 2.43. The van der Waals surface area contributed by atoms with Crippen molar-refractivity contribution in [3.63, 3.8) is 0 Å². The summed E-state index contributed by atoms with van der Waals surface area (Å²) < 4.78 is 0. The van der Waals surface area contributed by atoms with Gasteiger partial charge in [0.1, 0.15) is 6.04 Å². The number of amides is 2. The molecule has 2 aliphatic rings. The van der Waals surface area contributed by atoms with Crippen LogP contribution in [0, 0.1) is 0 Å². The van der Waals surface area contributed by atoms with Gasteiger partial charge < -0.3 is 20.0 Å². The SMILES string of the molecule is CCN1CCN(CCCN2C(=S)N(c3ccc(Cl)cc3)C(=O)[C@H]2CC(=O)Nc2ccc(Cl)cc2)CC1. The zero-order chi connectivity index (χ0) is 25.7. The normalized spacial score (nSPS) is 19.2. The maximum atomic E-state index is 13.5. The minimum absolute atomic E-state index is 0.000857. The molecule has 7 nitrogen and oxygen atoms in total. The number of carbonyl (C=O) groups excluding carboxylic acids is 2. The molecule has 0 aliphatic carbocycles. The average Bonchev–Trinajstić information content (AvgIpc) is 3.10. The summed E-state index contributed by atoms with van der Waals surface area (Å²) in [5.41, 5.74) is 1.28. The molecule has 2 saturated heterocycles. The van der Waals surface area contributed by atoms with E-state index in [9.17, 15) is 9.59 Å². The van der Waals surface area contributed by atoms with Crippen molar-refractivity contribution in [3.8, 4) is 0 Å². The van der Waals surface area contributed by atoms with E-state index in [0.29, 0.717) is 33.1 Å². The Morgan fingerprint density at radius 2 is 1.53 bits per heavy atom. The van der Waals surface area contributed by atoms with Crippen LogP contribution in [0.25, 0.3) is 0 Å². The number of nitrogens with one attached hydrogen (secondary N) is 1. The highest BCUT2D eigenvalue weighted by molar-refractivity contribution is 7.80. The predicted molar refractivity (Wildman–Crippen MR) is 150 cm³/mol. The summed E-state index contributed by atoms with van der Waals surface area (Å²) in [6.45, 7) is 9.04. The first-order chi connectivity index (χ1) is 17.4. The molecule has 2 aromatic carbocycles. The standard InChI is InChI=1S/C26H31Cl2N5O2S/c1-2-30-14-16-31(17-15-30)12-3-13-32-23(18-24(34)29-21-8-4-19(27)5-9-21)25(35)33(26(32)36)22-10-6-20(28)7-11-22/h4-11,23H,2-3,12-18H2,1H3,(H,29,34)/t23-/m1/s1. The molecule has 0 bridgehead atoms. The van der Waals surface area contributed by atoms with Crippen molar-refractivity contribution in [2.24, 2.45) is 0 Å². The van der Waals surface area contributed by atoms with Gasteiger partial charge >= 0.3 is 0 Å². The fraction of sp³-hybridized carbons (Fsp3) is 0.423. The van der Waals surface area contributed by atoms with Gasteiger partial charge in [-0.1, -0.05) is 30.1 Å². The summed E-state index contributed by atoms with van der Waals surface area (Å²) in [5, 5.41) is 4.45. The number of piperazine rings is 1. The zero-order valence-electron chi connectivity index (χ0n) is 20.3. The Balaban J connectivity index is 1.44. The van der Waals surface area contributed by atoms with E-state index in [1.54, 1.807) is 48.5 Å². The van der Waals surface area contributed by atoms with Crippen molar-refractivity contribution in [2.45, 2.75) is 25.8 Å². The predicted octanol–water partition coefficient (Wildman–Crippen LogP) is 4.35. The number of halogens is 2. The van der Waals surface area contributed by atoms with Crippen LogP contribution in [0.1, 0.15) is 19.8 Å².